The second kappa shape index (κ2) is 6.67. The molecule has 2 heterocycles. The van der Waals surface area contributed by atoms with Crippen molar-refractivity contribution in [2.24, 2.45) is 5.10 Å². The van der Waals surface area contributed by atoms with Crippen molar-refractivity contribution in [3.63, 3.8) is 0 Å². The maximum atomic E-state index is 4.56. The van der Waals surface area contributed by atoms with Gasteiger partial charge in [-0.25, -0.2) is 4.98 Å². The molecule has 0 fully saturated rings. The fraction of sp³-hybridized carbons (Fsp3) is 0.0667. The number of rotatable bonds is 4. The largest absolute Gasteiger partial charge is 0.252 e. The molecule has 0 saturated carbocycles. The normalized spacial score (nSPS) is 11.6. The third kappa shape index (κ3) is 3.69. The molecule has 0 radical (unpaired) electrons. The van der Waals surface area contributed by atoms with E-state index in [1.807, 2.05) is 23.8 Å². The number of benzene rings is 1. The zero-order valence-electron chi connectivity index (χ0n) is 11.2. The quantitative estimate of drug-likeness (QED) is 0.349. The number of hydrazone groups is 1. The maximum absolute atomic E-state index is 4.56. The number of thiazole rings is 1. The maximum Gasteiger partial charge on any atom is 0.203 e. The molecule has 2 aromatic heterocycles. The number of halogens is 1. The van der Waals surface area contributed by atoms with Crippen LogP contribution in [0.2, 0.25) is 0 Å². The molecule has 1 N–H and O–H groups in total. The van der Waals surface area contributed by atoms with Crippen molar-refractivity contribution in [2.45, 2.75) is 6.92 Å². The Bertz CT molecular complexity index is 746. The summed E-state index contributed by atoms with van der Waals surface area (Å²) in [5, 5.41) is 9.28. The Hall–Kier alpha value is -1.25. The van der Waals surface area contributed by atoms with Gasteiger partial charge in [-0.3, -0.25) is 5.43 Å². The first-order valence-corrected chi connectivity index (χ1v) is 9.12. The van der Waals surface area contributed by atoms with E-state index in [9.17, 15) is 0 Å². The lowest BCUT2D eigenvalue weighted by Gasteiger charge is -1.98. The second-order valence-corrected chi connectivity index (χ2v) is 7.38. The fourth-order valence-corrected chi connectivity index (χ4v) is 3.45. The summed E-state index contributed by atoms with van der Waals surface area (Å²) in [7, 11) is 0. The summed E-state index contributed by atoms with van der Waals surface area (Å²) in [6.07, 6.45) is 0. The Kier molecular flexibility index (Phi) is 4.67. The van der Waals surface area contributed by atoms with Crippen LogP contribution in [0.25, 0.3) is 11.3 Å². The van der Waals surface area contributed by atoms with Crippen LogP contribution in [-0.2, 0) is 0 Å². The van der Waals surface area contributed by atoms with Crippen LogP contribution < -0.4 is 5.43 Å². The van der Waals surface area contributed by atoms with Gasteiger partial charge in [-0.1, -0.05) is 18.2 Å². The van der Waals surface area contributed by atoms with Crippen molar-refractivity contribution in [2.75, 3.05) is 5.43 Å². The third-order valence-corrected chi connectivity index (χ3v) is 5.29. The highest BCUT2D eigenvalue weighted by Gasteiger charge is 2.04. The van der Waals surface area contributed by atoms with E-state index >= 15 is 0 Å². The number of hydrogen-bond acceptors (Lipinski definition) is 5. The molecule has 0 aliphatic heterocycles. The van der Waals surface area contributed by atoms with Gasteiger partial charge in [-0.15, -0.1) is 22.7 Å². The average Bonchev–Trinajstić information content (AvgIpc) is 3.17. The summed E-state index contributed by atoms with van der Waals surface area (Å²) in [4.78, 5) is 5.73. The van der Waals surface area contributed by atoms with E-state index in [0.29, 0.717) is 0 Å². The van der Waals surface area contributed by atoms with Crippen LogP contribution in [-0.4, -0.2) is 10.7 Å². The summed E-state index contributed by atoms with van der Waals surface area (Å²) in [6.45, 7) is 1.99. The van der Waals surface area contributed by atoms with Crippen molar-refractivity contribution in [3.8, 4) is 11.3 Å². The van der Waals surface area contributed by atoms with Crippen molar-refractivity contribution in [3.05, 3.63) is 55.6 Å². The number of nitrogens with zero attached hydrogens (tertiary/aromatic N) is 2. The minimum Gasteiger partial charge on any atom is -0.252 e. The molecule has 0 saturated heterocycles. The van der Waals surface area contributed by atoms with Gasteiger partial charge >= 0.3 is 0 Å². The van der Waals surface area contributed by atoms with Crippen LogP contribution in [0.15, 0.2) is 52.3 Å². The Balaban J connectivity index is 1.73. The summed E-state index contributed by atoms with van der Waals surface area (Å²) in [5.41, 5.74) is 6.10. The number of hydrogen-bond donors (Lipinski definition) is 1. The third-order valence-electron chi connectivity index (χ3n) is 2.84. The highest BCUT2D eigenvalue weighted by molar-refractivity contribution is 14.1. The lowest BCUT2D eigenvalue weighted by atomic mass is 10.2. The van der Waals surface area contributed by atoms with Gasteiger partial charge in [0.15, 0.2) is 0 Å². The summed E-state index contributed by atoms with van der Waals surface area (Å²) < 4.78 is 1.22. The number of aromatic nitrogens is 1. The first-order valence-electron chi connectivity index (χ1n) is 6.28. The van der Waals surface area contributed by atoms with Gasteiger partial charge in [-0.2, -0.15) is 5.10 Å². The predicted molar refractivity (Wildman–Crippen MR) is 100 cm³/mol. The number of nitrogens with one attached hydrogen (secondary N) is 1. The fourth-order valence-electron chi connectivity index (χ4n) is 1.75. The van der Waals surface area contributed by atoms with Crippen LogP contribution in [0, 0.1) is 3.57 Å². The second-order valence-electron chi connectivity index (χ2n) is 4.33. The predicted octanol–water partition coefficient (Wildman–Crippen LogP) is 5.31. The summed E-state index contributed by atoms with van der Waals surface area (Å²) >= 11 is 5.54. The van der Waals surface area contributed by atoms with Gasteiger partial charge in [0.1, 0.15) is 0 Å². The molecule has 3 aromatic rings. The standard InChI is InChI=1S/C15H12IN3S2/c1-10(14-3-2-8-20-14)18-19-15-17-13(9-21-15)11-4-6-12(16)7-5-11/h2-9H,1H3,(H,17,19)/b18-10-. The van der Waals surface area contributed by atoms with E-state index in [-0.39, 0.29) is 0 Å². The zero-order chi connectivity index (χ0) is 14.7. The lowest BCUT2D eigenvalue weighted by molar-refractivity contribution is 1.27. The first kappa shape index (κ1) is 14.7. The first-order chi connectivity index (χ1) is 10.2. The van der Waals surface area contributed by atoms with Gasteiger partial charge < -0.3 is 0 Å². The van der Waals surface area contributed by atoms with Gasteiger partial charge in [0.05, 0.1) is 11.4 Å². The molecule has 0 unspecified atom stereocenters. The topological polar surface area (TPSA) is 37.3 Å². The van der Waals surface area contributed by atoms with E-state index in [0.717, 1.165) is 27.0 Å². The minimum absolute atomic E-state index is 0.805. The molecule has 0 bridgehead atoms. The molecule has 6 heteroatoms. The number of anilines is 1. The number of thiophene rings is 1. The van der Waals surface area contributed by atoms with Crippen LogP contribution in [0.3, 0.4) is 0 Å². The minimum atomic E-state index is 0.805. The highest BCUT2D eigenvalue weighted by Crippen LogP contribution is 2.25. The summed E-state index contributed by atoms with van der Waals surface area (Å²) in [6, 6.07) is 12.4. The molecule has 0 aliphatic carbocycles. The molecule has 0 spiro atoms. The molecule has 21 heavy (non-hydrogen) atoms. The van der Waals surface area contributed by atoms with E-state index in [1.54, 1.807) is 22.7 Å². The van der Waals surface area contributed by atoms with E-state index in [4.69, 9.17) is 0 Å². The lowest BCUT2D eigenvalue weighted by Crippen LogP contribution is -1.96. The van der Waals surface area contributed by atoms with Crippen molar-refractivity contribution in [1.82, 2.24) is 4.98 Å². The van der Waals surface area contributed by atoms with Crippen molar-refractivity contribution in [1.29, 1.82) is 0 Å². The Morgan fingerprint density at radius 2 is 2.00 bits per heavy atom. The van der Waals surface area contributed by atoms with E-state index in [2.05, 4.69) is 68.4 Å². The van der Waals surface area contributed by atoms with Crippen LogP contribution >= 0.6 is 45.3 Å². The van der Waals surface area contributed by atoms with Crippen molar-refractivity contribution < 1.29 is 0 Å². The van der Waals surface area contributed by atoms with Crippen molar-refractivity contribution >= 4 is 56.1 Å². The highest BCUT2D eigenvalue weighted by atomic mass is 127. The molecule has 0 atom stereocenters. The SMILES string of the molecule is C/C(=N/Nc1nc(-c2ccc(I)cc2)cs1)c1cccs1. The van der Waals surface area contributed by atoms with Crippen LogP contribution in [0.1, 0.15) is 11.8 Å². The monoisotopic (exact) mass is 425 g/mol. The average molecular weight is 425 g/mol. The Morgan fingerprint density at radius 1 is 1.19 bits per heavy atom. The molecule has 3 rings (SSSR count). The Morgan fingerprint density at radius 3 is 2.71 bits per heavy atom. The van der Waals surface area contributed by atoms with Crippen LogP contribution in [0.4, 0.5) is 5.13 Å². The van der Waals surface area contributed by atoms with E-state index < -0.39 is 0 Å². The van der Waals surface area contributed by atoms with Gasteiger partial charge in [0, 0.05) is 19.4 Å². The van der Waals surface area contributed by atoms with Gasteiger partial charge in [0.25, 0.3) is 0 Å². The molecular formula is C15H12IN3S2. The molecule has 0 amide bonds. The molecule has 1 aromatic carbocycles. The molecule has 3 nitrogen and oxygen atoms in total. The van der Waals surface area contributed by atoms with Crippen LogP contribution in [0.5, 0.6) is 0 Å². The van der Waals surface area contributed by atoms with E-state index in [1.165, 1.54) is 3.57 Å². The van der Waals surface area contributed by atoms with Gasteiger partial charge in [0.2, 0.25) is 5.13 Å². The molecule has 0 aliphatic rings. The molecular weight excluding hydrogens is 413 g/mol. The molecule has 106 valence electrons. The smallest absolute Gasteiger partial charge is 0.203 e. The zero-order valence-corrected chi connectivity index (χ0v) is 15.0. The Labute approximate surface area is 144 Å². The van der Waals surface area contributed by atoms with Gasteiger partial charge in [-0.05, 0) is 53.1 Å². The summed E-state index contributed by atoms with van der Waals surface area (Å²) in [5.74, 6) is 0.